The molecule has 0 aliphatic heterocycles. The Morgan fingerprint density at radius 2 is 1.68 bits per heavy atom. The Balaban J connectivity index is 3.66. The minimum Gasteiger partial charge on any atom is -0.385 e. The molecular formula is C15H33NO3. The van der Waals surface area contributed by atoms with Gasteiger partial charge in [-0.05, 0) is 33.1 Å². The maximum atomic E-state index is 5.89. The van der Waals surface area contributed by atoms with Crippen molar-refractivity contribution in [1.29, 1.82) is 0 Å². The van der Waals surface area contributed by atoms with Crippen LogP contribution in [-0.4, -0.2) is 51.7 Å². The molecule has 0 aliphatic rings. The highest BCUT2D eigenvalue weighted by atomic mass is 16.5. The van der Waals surface area contributed by atoms with Gasteiger partial charge in [0.25, 0.3) is 0 Å². The Morgan fingerprint density at radius 1 is 1.00 bits per heavy atom. The van der Waals surface area contributed by atoms with E-state index in [4.69, 9.17) is 14.2 Å². The topological polar surface area (TPSA) is 39.7 Å². The molecule has 0 heterocycles. The van der Waals surface area contributed by atoms with E-state index in [0.29, 0.717) is 19.1 Å². The van der Waals surface area contributed by atoms with Gasteiger partial charge in [-0.3, -0.25) is 0 Å². The lowest BCUT2D eigenvalue weighted by Crippen LogP contribution is -2.43. The molecule has 0 saturated carbocycles. The van der Waals surface area contributed by atoms with Crippen LogP contribution in [0.5, 0.6) is 0 Å². The van der Waals surface area contributed by atoms with Crippen molar-refractivity contribution in [3.63, 3.8) is 0 Å². The number of hydrogen-bond acceptors (Lipinski definition) is 4. The third-order valence-corrected chi connectivity index (χ3v) is 2.77. The normalized spacial score (nSPS) is 14.1. The number of ether oxygens (including phenoxy) is 3. The molecule has 19 heavy (non-hydrogen) atoms. The Morgan fingerprint density at radius 3 is 2.21 bits per heavy atom. The monoisotopic (exact) mass is 275 g/mol. The summed E-state index contributed by atoms with van der Waals surface area (Å²) >= 11 is 0. The van der Waals surface area contributed by atoms with E-state index in [0.717, 1.165) is 26.2 Å². The number of methoxy groups -OCH3 is 1. The van der Waals surface area contributed by atoms with Gasteiger partial charge in [-0.15, -0.1) is 0 Å². The highest BCUT2D eigenvalue weighted by molar-refractivity contribution is 4.75. The molecule has 116 valence electrons. The van der Waals surface area contributed by atoms with Gasteiger partial charge < -0.3 is 19.5 Å². The van der Waals surface area contributed by atoms with E-state index in [1.54, 1.807) is 7.11 Å². The zero-order chi connectivity index (χ0) is 14.7. The largest absolute Gasteiger partial charge is 0.385 e. The van der Waals surface area contributed by atoms with Crippen LogP contribution in [0.25, 0.3) is 0 Å². The van der Waals surface area contributed by atoms with E-state index in [1.807, 2.05) is 0 Å². The van der Waals surface area contributed by atoms with Crippen LogP contribution in [0.3, 0.4) is 0 Å². The van der Waals surface area contributed by atoms with E-state index < -0.39 is 0 Å². The van der Waals surface area contributed by atoms with Crippen molar-refractivity contribution in [1.82, 2.24) is 5.32 Å². The van der Waals surface area contributed by atoms with Crippen molar-refractivity contribution < 1.29 is 14.2 Å². The maximum absolute atomic E-state index is 5.89. The molecular weight excluding hydrogens is 242 g/mol. The van der Waals surface area contributed by atoms with Gasteiger partial charge in [0.2, 0.25) is 0 Å². The number of nitrogens with one attached hydrogen (secondary N) is 1. The number of hydrogen-bond donors (Lipinski definition) is 1. The predicted octanol–water partition coefficient (Wildman–Crippen LogP) is 2.47. The van der Waals surface area contributed by atoms with Crippen molar-refractivity contribution in [2.75, 3.05) is 40.1 Å². The lowest BCUT2D eigenvalue weighted by atomic mass is 10.0. The molecule has 0 rings (SSSR count). The van der Waals surface area contributed by atoms with Gasteiger partial charge in [0.15, 0.2) is 0 Å². The Kier molecular flexibility index (Phi) is 10.5. The van der Waals surface area contributed by atoms with Gasteiger partial charge in [0, 0.05) is 32.4 Å². The van der Waals surface area contributed by atoms with Gasteiger partial charge in [-0.25, -0.2) is 0 Å². The molecule has 0 saturated heterocycles. The summed E-state index contributed by atoms with van der Waals surface area (Å²) in [5.74, 6) is 0.503. The van der Waals surface area contributed by atoms with Crippen LogP contribution in [0.1, 0.15) is 41.0 Å². The molecule has 0 spiro atoms. The Bertz CT molecular complexity index is 202. The van der Waals surface area contributed by atoms with Crippen LogP contribution in [0.4, 0.5) is 0 Å². The first kappa shape index (κ1) is 18.8. The predicted molar refractivity (Wildman–Crippen MR) is 79.6 cm³/mol. The second kappa shape index (κ2) is 10.6. The second-order valence-electron chi connectivity index (χ2n) is 6.24. The summed E-state index contributed by atoms with van der Waals surface area (Å²) in [5, 5.41) is 3.49. The van der Waals surface area contributed by atoms with Gasteiger partial charge in [-0.1, -0.05) is 13.8 Å². The third-order valence-electron chi connectivity index (χ3n) is 2.77. The summed E-state index contributed by atoms with van der Waals surface area (Å²) < 4.78 is 16.3. The van der Waals surface area contributed by atoms with E-state index in [1.165, 1.54) is 0 Å². The molecule has 1 unspecified atom stereocenters. The van der Waals surface area contributed by atoms with Crippen molar-refractivity contribution >= 4 is 0 Å². The Hall–Kier alpha value is -0.160. The molecule has 0 aliphatic carbocycles. The van der Waals surface area contributed by atoms with E-state index in [2.05, 4.69) is 39.9 Å². The van der Waals surface area contributed by atoms with Crippen LogP contribution in [0.15, 0.2) is 0 Å². The average molecular weight is 275 g/mol. The standard InChI is InChI=1S/C15H33NO3/c1-13(2)14(12-16-15(3,4)5)19-11-10-18-9-7-8-17-6/h13-14,16H,7-12H2,1-6H3. The molecule has 0 fully saturated rings. The minimum absolute atomic E-state index is 0.132. The van der Waals surface area contributed by atoms with Crippen molar-refractivity contribution in [2.24, 2.45) is 5.92 Å². The molecule has 1 atom stereocenters. The lowest BCUT2D eigenvalue weighted by molar-refractivity contribution is -0.0183. The van der Waals surface area contributed by atoms with Gasteiger partial charge in [-0.2, -0.15) is 0 Å². The summed E-state index contributed by atoms with van der Waals surface area (Å²) in [7, 11) is 1.71. The smallest absolute Gasteiger partial charge is 0.0723 e. The van der Waals surface area contributed by atoms with Gasteiger partial charge in [0.1, 0.15) is 0 Å². The van der Waals surface area contributed by atoms with Crippen molar-refractivity contribution in [3.05, 3.63) is 0 Å². The number of rotatable bonds is 11. The fraction of sp³-hybridized carbons (Fsp3) is 1.00. The van der Waals surface area contributed by atoms with Crippen molar-refractivity contribution in [2.45, 2.75) is 52.7 Å². The minimum atomic E-state index is 0.132. The molecule has 0 aromatic carbocycles. The van der Waals surface area contributed by atoms with Crippen molar-refractivity contribution in [3.8, 4) is 0 Å². The van der Waals surface area contributed by atoms with Gasteiger partial charge >= 0.3 is 0 Å². The van der Waals surface area contributed by atoms with Crippen LogP contribution in [-0.2, 0) is 14.2 Å². The summed E-state index contributed by atoms with van der Waals surface area (Å²) in [5.41, 5.74) is 0.132. The molecule has 4 nitrogen and oxygen atoms in total. The van der Waals surface area contributed by atoms with Gasteiger partial charge in [0.05, 0.1) is 19.3 Å². The summed E-state index contributed by atoms with van der Waals surface area (Å²) in [6.45, 7) is 14.6. The average Bonchev–Trinajstić information content (AvgIpc) is 2.30. The summed E-state index contributed by atoms with van der Waals surface area (Å²) in [6, 6.07) is 0. The maximum Gasteiger partial charge on any atom is 0.0723 e. The fourth-order valence-electron chi connectivity index (χ4n) is 1.56. The summed E-state index contributed by atoms with van der Waals surface area (Å²) in [4.78, 5) is 0. The molecule has 1 N–H and O–H groups in total. The SMILES string of the molecule is COCCCOCCOC(CNC(C)(C)C)C(C)C. The summed E-state index contributed by atoms with van der Waals surface area (Å²) in [6.07, 6.45) is 1.18. The van der Waals surface area contributed by atoms with Crippen LogP contribution < -0.4 is 5.32 Å². The van der Waals surface area contributed by atoms with Crippen LogP contribution >= 0.6 is 0 Å². The highest BCUT2D eigenvalue weighted by Gasteiger charge is 2.17. The first-order valence-electron chi connectivity index (χ1n) is 7.30. The van der Waals surface area contributed by atoms with Crippen LogP contribution in [0.2, 0.25) is 0 Å². The quantitative estimate of drug-likeness (QED) is 0.588. The van der Waals surface area contributed by atoms with Crippen LogP contribution in [0, 0.1) is 5.92 Å². The molecule has 0 radical (unpaired) electrons. The molecule has 0 bridgehead atoms. The van der Waals surface area contributed by atoms with E-state index >= 15 is 0 Å². The zero-order valence-corrected chi connectivity index (χ0v) is 13.6. The fourth-order valence-corrected chi connectivity index (χ4v) is 1.56. The first-order valence-corrected chi connectivity index (χ1v) is 7.30. The second-order valence-corrected chi connectivity index (χ2v) is 6.24. The molecule has 0 aromatic heterocycles. The first-order chi connectivity index (χ1) is 8.87. The lowest BCUT2D eigenvalue weighted by Gasteiger charge is -2.27. The van der Waals surface area contributed by atoms with E-state index in [9.17, 15) is 0 Å². The highest BCUT2D eigenvalue weighted by Crippen LogP contribution is 2.08. The Labute approximate surface area is 119 Å². The molecule has 4 heteroatoms. The third kappa shape index (κ3) is 12.6. The molecule has 0 amide bonds. The zero-order valence-electron chi connectivity index (χ0n) is 13.6. The molecule has 0 aromatic rings. The van der Waals surface area contributed by atoms with E-state index in [-0.39, 0.29) is 11.6 Å².